The summed E-state index contributed by atoms with van der Waals surface area (Å²) in [7, 11) is 0. The molecule has 0 bridgehead atoms. The molecular weight excluding hydrogens is 233 g/mol. The van der Waals surface area contributed by atoms with Gasteiger partial charge in [-0.3, -0.25) is 0 Å². The molecule has 0 aliphatic heterocycles. The van der Waals surface area contributed by atoms with Crippen LogP contribution in [0.4, 0.5) is 4.39 Å². The second kappa shape index (κ2) is 5.82. The van der Waals surface area contributed by atoms with Crippen molar-refractivity contribution in [2.45, 2.75) is 25.8 Å². The molecule has 0 spiro atoms. The molecule has 0 amide bonds. The minimum absolute atomic E-state index is 0.139. The largest absolute Gasteiger partial charge is 0.409 e. The fourth-order valence-electron chi connectivity index (χ4n) is 2.08. The first-order valence-corrected chi connectivity index (χ1v) is 6.18. The van der Waals surface area contributed by atoms with Crippen molar-refractivity contribution in [3.8, 4) is 0 Å². The van der Waals surface area contributed by atoms with Crippen LogP contribution in [0.2, 0.25) is 0 Å². The van der Waals surface area contributed by atoms with Crippen LogP contribution in [0.5, 0.6) is 0 Å². The van der Waals surface area contributed by atoms with Gasteiger partial charge in [0.1, 0.15) is 5.82 Å². The molecule has 2 rings (SSSR count). The number of amidine groups is 1. The molecule has 1 fully saturated rings. The van der Waals surface area contributed by atoms with E-state index in [0.717, 1.165) is 12.5 Å². The molecule has 4 nitrogen and oxygen atoms in total. The van der Waals surface area contributed by atoms with E-state index in [1.807, 2.05) is 0 Å². The van der Waals surface area contributed by atoms with Crippen LogP contribution in [0.25, 0.3) is 0 Å². The Kier molecular flexibility index (Phi) is 4.15. The van der Waals surface area contributed by atoms with E-state index in [-0.39, 0.29) is 11.4 Å². The third-order valence-electron chi connectivity index (χ3n) is 3.44. The Morgan fingerprint density at radius 1 is 1.50 bits per heavy atom. The van der Waals surface area contributed by atoms with E-state index in [2.05, 4.69) is 10.5 Å². The number of hydrogen-bond acceptors (Lipinski definition) is 3. The lowest BCUT2D eigenvalue weighted by Crippen LogP contribution is -2.27. The normalized spacial score (nSPS) is 16.6. The summed E-state index contributed by atoms with van der Waals surface area (Å²) in [4.78, 5) is 0. The van der Waals surface area contributed by atoms with Gasteiger partial charge < -0.3 is 16.3 Å². The Morgan fingerprint density at radius 3 is 2.89 bits per heavy atom. The van der Waals surface area contributed by atoms with Gasteiger partial charge in [-0.2, -0.15) is 0 Å². The lowest BCUT2D eigenvalue weighted by Gasteiger charge is -2.25. The molecule has 0 aromatic heterocycles. The van der Waals surface area contributed by atoms with Gasteiger partial charge >= 0.3 is 0 Å². The first kappa shape index (κ1) is 12.8. The minimum atomic E-state index is -0.422. The number of halogens is 1. The zero-order valence-electron chi connectivity index (χ0n) is 10.2. The average molecular weight is 251 g/mol. The van der Waals surface area contributed by atoms with Crippen molar-refractivity contribution in [2.24, 2.45) is 16.8 Å². The zero-order chi connectivity index (χ0) is 13.0. The fourth-order valence-corrected chi connectivity index (χ4v) is 2.08. The molecule has 0 unspecified atom stereocenters. The molecule has 1 saturated carbocycles. The summed E-state index contributed by atoms with van der Waals surface area (Å²) >= 11 is 0. The Morgan fingerprint density at radius 2 is 2.28 bits per heavy atom. The maximum Gasteiger partial charge on any atom is 0.173 e. The second-order valence-corrected chi connectivity index (χ2v) is 4.69. The molecule has 5 heteroatoms. The molecule has 1 aromatic carbocycles. The first-order chi connectivity index (χ1) is 8.72. The minimum Gasteiger partial charge on any atom is -0.409 e. The maximum atomic E-state index is 14.0. The Balaban J connectivity index is 1.99. The number of nitrogens with one attached hydrogen (secondary N) is 1. The lowest BCUT2D eigenvalue weighted by molar-refractivity contribution is 0.301. The monoisotopic (exact) mass is 251 g/mol. The Labute approximate surface area is 106 Å². The summed E-state index contributed by atoms with van der Waals surface area (Å²) in [6.07, 6.45) is 3.83. The summed E-state index contributed by atoms with van der Waals surface area (Å²) in [6, 6.07) is 4.91. The van der Waals surface area contributed by atoms with Crippen molar-refractivity contribution in [3.05, 3.63) is 35.1 Å². The number of nitrogens with two attached hydrogens (primary N) is 1. The molecule has 98 valence electrons. The fraction of sp³-hybridized carbons (Fsp3) is 0.462. The van der Waals surface area contributed by atoms with Crippen molar-refractivity contribution in [1.82, 2.24) is 5.32 Å². The van der Waals surface area contributed by atoms with Gasteiger partial charge in [-0.1, -0.05) is 23.7 Å². The first-order valence-electron chi connectivity index (χ1n) is 6.18. The smallest absolute Gasteiger partial charge is 0.173 e. The van der Waals surface area contributed by atoms with E-state index in [1.165, 1.54) is 25.3 Å². The standard InChI is InChI=1S/C13H18FN3O/c14-12-10(8-16-7-9-3-1-4-9)5-2-6-11(12)13(15)17-18/h2,5-6,9,16,18H,1,3-4,7-8H2,(H2,15,17). The number of benzene rings is 1. The van der Waals surface area contributed by atoms with Gasteiger partial charge in [0, 0.05) is 12.1 Å². The SMILES string of the molecule is N/C(=N/O)c1cccc(CNCC2CCC2)c1F. The van der Waals surface area contributed by atoms with Crippen molar-refractivity contribution in [2.75, 3.05) is 6.54 Å². The predicted octanol–water partition coefficient (Wildman–Crippen LogP) is 1.81. The molecule has 1 aliphatic rings. The number of hydrogen-bond donors (Lipinski definition) is 3. The van der Waals surface area contributed by atoms with Crippen LogP contribution in [0.3, 0.4) is 0 Å². The third kappa shape index (κ3) is 2.79. The molecule has 1 aliphatic carbocycles. The van der Waals surface area contributed by atoms with Crippen molar-refractivity contribution in [1.29, 1.82) is 0 Å². The van der Waals surface area contributed by atoms with E-state index in [0.29, 0.717) is 12.1 Å². The van der Waals surface area contributed by atoms with Gasteiger partial charge in [-0.15, -0.1) is 0 Å². The molecular formula is C13H18FN3O. The van der Waals surface area contributed by atoms with E-state index in [4.69, 9.17) is 10.9 Å². The topological polar surface area (TPSA) is 70.6 Å². The van der Waals surface area contributed by atoms with Gasteiger partial charge in [0.25, 0.3) is 0 Å². The highest BCUT2D eigenvalue weighted by Crippen LogP contribution is 2.25. The molecule has 18 heavy (non-hydrogen) atoms. The van der Waals surface area contributed by atoms with Crippen LogP contribution < -0.4 is 11.1 Å². The second-order valence-electron chi connectivity index (χ2n) is 4.69. The van der Waals surface area contributed by atoms with E-state index in [9.17, 15) is 4.39 Å². The van der Waals surface area contributed by atoms with Crippen molar-refractivity contribution in [3.63, 3.8) is 0 Å². The summed E-state index contributed by atoms with van der Waals surface area (Å²) in [5.41, 5.74) is 6.09. The Bertz CT molecular complexity index is 444. The van der Waals surface area contributed by atoms with Crippen LogP contribution >= 0.6 is 0 Å². The van der Waals surface area contributed by atoms with Crippen LogP contribution in [0.1, 0.15) is 30.4 Å². The maximum absolute atomic E-state index is 14.0. The average Bonchev–Trinajstić information content (AvgIpc) is 2.33. The molecule has 4 N–H and O–H groups in total. The summed E-state index contributed by atoms with van der Waals surface area (Å²) in [5, 5.41) is 14.6. The van der Waals surface area contributed by atoms with Gasteiger partial charge in [0.05, 0.1) is 5.56 Å². The van der Waals surface area contributed by atoms with Gasteiger partial charge in [0.2, 0.25) is 0 Å². The summed E-state index contributed by atoms with van der Waals surface area (Å²) in [6.45, 7) is 1.39. The highest BCUT2D eigenvalue weighted by Gasteiger charge is 2.17. The van der Waals surface area contributed by atoms with E-state index >= 15 is 0 Å². The molecule has 0 saturated heterocycles. The predicted molar refractivity (Wildman–Crippen MR) is 68.0 cm³/mol. The van der Waals surface area contributed by atoms with Crippen molar-refractivity contribution < 1.29 is 9.60 Å². The van der Waals surface area contributed by atoms with Gasteiger partial charge in [-0.25, -0.2) is 4.39 Å². The molecule has 0 atom stereocenters. The highest BCUT2D eigenvalue weighted by atomic mass is 19.1. The number of rotatable bonds is 5. The lowest BCUT2D eigenvalue weighted by atomic mass is 9.85. The molecule has 1 aromatic rings. The number of oxime groups is 1. The molecule has 0 radical (unpaired) electrons. The van der Waals surface area contributed by atoms with E-state index < -0.39 is 5.82 Å². The van der Waals surface area contributed by atoms with Crippen molar-refractivity contribution >= 4 is 5.84 Å². The van der Waals surface area contributed by atoms with Gasteiger partial charge in [-0.05, 0) is 31.4 Å². The van der Waals surface area contributed by atoms with Crippen LogP contribution in [-0.4, -0.2) is 17.6 Å². The Hall–Kier alpha value is -1.62. The number of nitrogens with zero attached hydrogens (tertiary/aromatic N) is 1. The van der Waals surface area contributed by atoms with Gasteiger partial charge in [0.15, 0.2) is 5.84 Å². The van der Waals surface area contributed by atoms with Crippen LogP contribution in [0, 0.1) is 11.7 Å². The summed E-state index contributed by atoms with van der Waals surface area (Å²) < 4.78 is 14.0. The van der Waals surface area contributed by atoms with E-state index in [1.54, 1.807) is 12.1 Å². The van der Waals surface area contributed by atoms with Crippen LogP contribution in [0.15, 0.2) is 23.4 Å². The quantitative estimate of drug-likeness (QED) is 0.323. The summed E-state index contributed by atoms with van der Waals surface area (Å²) in [5.74, 6) is 0.113. The molecule has 0 heterocycles. The zero-order valence-corrected chi connectivity index (χ0v) is 10.2. The van der Waals surface area contributed by atoms with Crippen LogP contribution in [-0.2, 0) is 6.54 Å². The highest BCUT2D eigenvalue weighted by molar-refractivity contribution is 5.97. The third-order valence-corrected chi connectivity index (χ3v) is 3.44.